The zero-order chi connectivity index (χ0) is 19.7. The monoisotopic (exact) mass is 446 g/mol. The molecule has 0 spiro atoms. The average molecular weight is 447 g/mol. The zero-order valence-corrected chi connectivity index (χ0v) is 17.9. The lowest BCUT2D eigenvalue weighted by atomic mass is 10.1. The lowest BCUT2D eigenvalue weighted by Crippen LogP contribution is -2.10. The molecular weight excluding hydrogens is 423 g/mol. The van der Waals surface area contributed by atoms with Gasteiger partial charge in [-0.25, -0.2) is 0 Å². The van der Waals surface area contributed by atoms with Gasteiger partial charge in [0.25, 0.3) is 0 Å². The third-order valence-corrected chi connectivity index (χ3v) is 4.85. The number of aryl methyl sites for hydroxylation is 2. The maximum absolute atomic E-state index is 7.53. The van der Waals surface area contributed by atoms with Crippen LogP contribution in [-0.4, -0.2) is 11.7 Å². The highest BCUT2D eigenvalue weighted by atomic mass is 35.5. The minimum atomic E-state index is 0. The summed E-state index contributed by atoms with van der Waals surface area (Å²) in [4.78, 5) is 0. The SMILES string of the molecule is Cl.Cl.N=C(N)c1ccc2oc(CCCCc3cc4cc(C(=N)N)ccc4o3)cc2c1. The summed E-state index contributed by atoms with van der Waals surface area (Å²) in [6.45, 7) is 0. The van der Waals surface area contributed by atoms with Crippen molar-refractivity contribution in [1.82, 2.24) is 0 Å². The first-order valence-corrected chi connectivity index (χ1v) is 9.23. The number of furan rings is 2. The van der Waals surface area contributed by atoms with E-state index in [0.717, 1.165) is 59.1 Å². The number of benzene rings is 2. The normalized spacial score (nSPS) is 10.5. The molecule has 0 saturated carbocycles. The second-order valence-corrected chi connectivity index (χ2v) is 6.97. The van der Waals surface area contributed by atoms with E-state index in [4.69, 9.17) is 31.1 Å². The molecule has 8 heteroatoms. The zero-order valence-electron chi connectivity index (χ0n) is 16.2. The fraction of sp³-hybridized carbons (Fsp3) is 0.182. The Morgan fingerprint density at radius 1 is 0.667 bits per heavy atom. The Kier molecular flexibility index (Phi) is 7.54. The second-order valence-electron chi connectivity index (χ2n) is 6.97. The number of amidine groups is 2. The molecule has 0 aliphatic heterocycles. The minimum Gasteiger partial charge on any atom is -0.461 e. The van der Waals surface area contributed by atoms with Crippen LogP contribution in [0.5, 0.6) is 0 Å². The van der Waals surface area contributed by atoms with Crippen molar-refractivity contribution in [3.05, 3.63) is 71.2 Å². The molecule has 2 aromatic heterocycles. The molecule has 0 amide bonds. The van der Waals surface area contributed by atoms with E-state index in [2.05, 4.69) is 0 Å². The van der Waals surface area contributed by atoms with Crippen LogP contribution in [0.25, 0.3) is 21.9 Å². The molecule has 6 N–H and O–H groups in total. The Labute approximate surface area is 186 Å². The summed E-state index contributed by atoms with van der Waals surface area (Å²) in [6, 6.07) is 15.1. The fourth-order valence-electron chi connectivity index (χ4n) is 3.38. The standard InChI is InChI=1S/C22H22N4O2.2ClH/c23-21(24)13-5-7-19-15(9-13)11-17(27-19)3-1-2-4-18-12-16-10-14(22(25)26)6-8-20(16)28-18;;/h5-12H,1-4H2,(H3,23,24)(H3,25,26);2*1H. The van der Waals surface area contributed by atoms with Gasteiger partial charge in [-0.15, -0.1) is 24.8 Å². The van der Waals surface area contributed by atoms with Crippen LogP contribution in [0.4, 0.5) is 0 Å². The molecular formula is C22H24Cl2N4O2. The van der Waals surface area contributed by atoms with E-state index in [1.807, 2.05) is 36.4 Å². The summed E-state index contributed by atoms with van der Waals surface area (Å²) in [5, 5.41) is 17.0. The van der Waals surface area contributed by atoms with Crippen LogP contribution in [-0.2, 0) is 12.8 Å². The van der Waals surface area contributed by atoms with Crippen molar-refractivity contribution in [3.63, 3.8) is 0 Å². The third kappa shape index (κ3) is 4.96. The van der Waals surface area contributed by atoms with Crippen molar-refractivity contribution in [2.75, 3.05) is 0 Å². The maximum Gasteiger partial charge on any atom is 0.134 e. The van der Waals surface area contributed by atoms with Gasteiger partial charge in [-0.2, -0.15) is 0 Å². The highest BCUT2D eigenvalue weighted by molar-refractivity contribution is 5.99. The number of nitrogens with one attached hydrogen (secondary N) is 2. The quantitative estimate of drug-likeness (QED) is 0.177. The summed E-state index contributed by atoms with van der Waals surface area (Å²) in [5.74, 6) is 2.00. The van der Waals surface area contributed by atoms with Gasteiger partial charge < -0.3 is 20.3 Å². The Bertz CT molecular complexity index is 1100. The highest BCUT2D eigenvalue weighted by Gasteiger charge is 2.08. The summed E-state index contributed by atoms with van der Waals surface area (Å²) < 4.78 is 11.7. The van der Waals surface area contributed by atoms with Gasteiger partial charge in [0.2, 0.25) is 0 Å². The van der Waals surface area contributed by atoms with Crippen molar-refractivity contribution >= 4 is 58.4 Å². The molecule has 0 radical (unpaired) electrons. The number of halogens is 2. The molecule has 158 valence electrons. The van der Waals surface area contributed by atoms with E-state index in [9.17, 15) is 0 Å². The third-order valence-electron chi connectivity index (χ3n) is 4.85. The van der Waals surface area contributed by atoms with Gasteiger partial charge in [0, 0.05) is 34.7 Å². The first-order valence-electron chi connectivity index (χ1n) is 9.23. The molecule has 0 fully saturated rings. The summed E-state index contributed by atoms with van der Waals surface area (Å²) >= 11 is 0. The second kappa shape index (κ2) is 9.69. The number of rotatable bonds is 7. The van der Waals surface area contributed by atoms with Crippen molar-refractivity contribution in [3.8, 4) is 0 Å². The topological polar surface area (TPSA) is 126 Å². The molecule has 0 unspecified atom stereocenters. The summed E-state index contributed by atoms with van der Waals surface area (Å²) in [6.07, 6.45) is 3.65. The van der Waals surface area contributed by atoms with E-state index in [1.54, 1.807) is 12.1 Å². The molecule has 0 bridgehead atoms. The van der Waals surface area contributed by atoms with Gasteiger partial charge in [0.1, 0.15) is 34.4 Å². The van der Waals surface area contributed by atoms with Gasteiger partial charge in [0.05, 0.1) is 0 Å². The molecule has 2 heterocycles. The van der Waals surface area contributed by atoms with Crippen LogP contribution < -0.4 is 11.5 Å². The first kappa shape index (κ1) is 23.3. The van der Waals surface area contributed by atoms with E-state index < -0.39 is 0 Å². The molecule has 0 saturated heterocycles. The van der Waals surface area contributed by atoms with E-state index >= 15 is 0 Å². The maximum atomic E-state index is 7.53. The molecule has 4 rings (SSSR count). The van der Waals surface area contributed by atoms with Crippen molar-refractivity contribution < 1.29 is 8.83 Å². The van der Waals surface area contributed by atoms with Gasteiger partial charge in [-0.3, -0.25) is 10.8 Å². The summed E-state index contributed by atoms with van der Waals surface area (Å²) in [5.41, 5.74) is 14.1. The predicted octanol–water partition coefficient (Wildman–Crippen LogP) is 5.16. The van der Waals surface area contributed by atoms with Gasteiger partial charge >= 0.3 is 0 Å². The van der Waals surface area contributed by atoms with Gasteiger partial charge in [-0.05, 0) is 61.4 Å². The molecule has 4 aromatic rings. The molecule has 0 aliphatic rings. The number of hydrogen-bond donors (Lipinski definition) is 4. The van der Waals surface area contributed by atoms with Crippen LogP contribution in [0.3, 0.4) is 0 Å². The molecule has 0 atom stereocenters. The molecule has 30 heavy (non-hydrogen) atoms. The Morgan fingerprint density at radius 3 is 1.43 bits per heavy atom. The molecule has 2 aromatic carbocycles. The Hall–Kier alpha value is -2.96. The fourth-order valence-corrected chi connectivity index (χ4v) is 3.38. The van der Waals surface area contributed by atoms with Gasteiger partial charge in [-0.1, -0.05) is 0 Å². The molecule has 0 aliphatic carbocycles. The van der Waals surface area contributed by atoms with Crippen molar-refractivity contribution in [2.24, 2.45) is 11.5 Å². The van der Waals surface area contributed by atoms with Crippen LogP contribution in [0.1, 0.15) is 35.5 Å². The van der Waals surface area contributed by atoms with E-state index in [1.165, 1.54) is 0 Å². The lowest BCUT2D eigenvalue weighted by molar-refractivity contribution is 0.509. The van der Waals surface area contributed by atoms with Crippen LogP contribution >= 0.6 is 24.8 Å². The predicted molar refractivity (Wildman–Crippen MR) is 126 cm³/mol. The highest BCUT2D eigenvalue weighted by Crippen LogP contribution is 2.24. The first-order chi connectivity index (χ1) is 13.5. The Balaban J connectivity index is 0.00000160. The van der Waals surface area contributed by atoms with Crippen molar-refractivity contribution in [2.45, 2.75) is 25.7 Å². The minimum absolute atomic E-state index is 0. The van der Waals surface area contributed by atoms with E-state index in [-0.39, 0.29) is 36.5 Å². The van der Waals surface area contributed by atoms with Crippen molar-refractivity contribution in [1.29, 1.82) is 10.8 Å². The number of hydrogen-bond acceptors (Lipinski definition) is 4. The number of fused-ring (bicyclic) bond motifs is 2. The van der Waals surface area contributed by atoms with Gasteiger partial charge in [0.15, 0.2) is 0 Å². The average Bonchev–Trinajstić information content (AvgIpc) is 3.26. The number of nitrogen functional groups attached to an aromatic ring is 2. The van der Waals surface area contributed by atoms with E-state index in [0.29, 0.717) is 11.1 Å². The lowest BCUT2D eigenvalue weighted by Gasteiger charge is -1.97. The largest absolute Gasteiger partial charge is 0.461 e. The van der Waals surface area contributed by atoms with Crippen LogP contribution in [0, 0.1) is 10.8 Å². The summed E-state index contributed by atoms with van der Waals surface area (Å²) in [7, 11) is 0. The van der Waals surface area contributed by atoms with Crippen LogP contribution in [0.15, 0.2) is 57.4 Å². The number of nitrogens with two attached hydrogens (primary N) is 2. The Morgan fingerprint density at radius 2 is 1.07 bits per heavy atom. The molecule has 6 nitrogen and oxygen atoms in total. The smallest absolute Gasteiger partial charge is 0.134 e. The number of unbranched alkanes of at least 4 members (excludes halogenated alkanes) is 1. The van der Waals surface area contributed by atoms with Crippen LogP contribution in [0.2, 0.25) is 0 Å².